The Hall–Kier alpha value is -1.01. The standard InChI is InChI=1S/C10H10FNS/c1-8(13-7-6-12)9-2-4-10(11)5-3-9/h2-5,8H,7H2,1H3. The first-order valence-electron chi connectivity index (χ1n) is 3.98. The van der Waals surface area contributed by atoms with E-state index in [0.717, 1.165) is 5.56 Å². The minimum absolute atomic E-state index is 0.221. The fraction of sp³-hybridized carbons (Fsp3) is 0.300. The largest absolute Gasteiger partial charge is 0.207 e. The van der Waals surface area contributed by atoms with Gasteiger partial charge in [0.25, 0.3) is 0 Å². The van der Waals surface area contributed by atoms with Gasteiger partial charge in [0.2, 0.25) is 0 Å². The fourth-order valence-corrected chi connectivity index (χ4v) is 1.67. The Morgan fingerprint density at radius 3 is 2.62 bits per heavy atom. The van der Waals surface area contributed by atoms with Gasteiger partial charge in [-0.05, 0) is 24.6 Å². The predicted octanol–water partition coefficient (Wildman–Crippen LogP) is 3.14. The van der Waals surface area contributed by atoms with Crippen molar-refractivity contribution in [3.63, 3.8) is 0 Å². The van der Waals surface area contributed by atoms with Crippen LogP contribution in [0, 0.1) is 17.1 Å². The van der Waals surface area contributed by atoms with Crippen molar-refractivity contribution in [1.82, 2.24) is 0 Å². The topological polar surface area (TPSA) is 23.8 Å². The number of nitriles is 1. The van der Waals surface area contributed by atoms with E-state index in [0.29, 0.717) is 5.75 Å². The van der Waals surface area contributed by atoms with Crippen molar-refractivity contribution < 1.29 is 4.39 Å². The zero-order valence-corrected chi connectivity index (χ0v) is 8.14. The predicted molar refractivity (Wildman–Crippen MR) is 52.9 cm³/mol. The lowest BCUT2D eigenvalue weighted by atomic mass is 10.2. The second kappa shape index (κ2) is 4.88. The van der Waals surface area contributed by atoms with Crippen LogP contribution < -0.4 is 0 Å². The average Bonchev–Trinajstić information content (AvgIpc) is 2.15. The van der Waals surface area contributed by atoms with E-state index in [9.17, 15) is 4.39 Å². The van der Waals surface area contributed by atoms with Crippen LogP contribution in [0.4, 0.5) is 4.39 Å². The lowest BCUT2D eigenvalue weighted by Crippen LogP contribution is -1.89. The van der Waals surface area contributed by atoms with Gasteiger partial charge in [0.05, 0.1) is 11.8 Å². The Kier molecular flexibility index (Phi) is 3.78. The second-order valence-corrected chi connectivity index (χ2v) is 3.99. The van der Waals surface area contributed by atoms with E-state index in [1.165, 1.54) is 12.1 Å². The third-order valence-corrected chi connectivity index (χ3v) is 2.81. The Labute approximate surface area is 81.6 Å². The highest BCUT2D eigenvalue weighted by Crippen LogP contribution is 2.27. The Morgan fingerprint density at radius 1 is 1.46 bits per heavy atom. The van der Waals surface area contributed by atoms with E-state index in [1.807, 2.05) is 6.92 Å². The molecule has 1 rings (SSSR count). The summed E-state index contributed by atoms with van der Waals surface area (Å²) in [5.74, 6) is 0.250. The lowest BCUT2D eigenvalue weighted by molar-refractivity contribution is 0.627. The van der Waals surface area contributed by atoms with E-state index in [2.05, 4.69) is 6.07 Å². The first-order valence-corrected chi connectivity index (χ1v) is 5.03. The summed E-state index contributed by atoms with van der Waals surface area (Å²) >= 11 is 1.55. The molecule has 0 radical (unpaired) electrons. The minimum atomic E-state index is -0.221. The van der Waals surface area contributed by atoms with E-state index in [1.54, 1.807) is 23.9 Å². The summed E-state index contributed by atoms with van der Waals surface area (Å²) in [6.07, 6.45) is 0. The molecule has 0 N–H and O–H groups in total. The van der Waals surface area contributed by atoms with Crippen LogP contribution in [0.5, 0.6) is 0 Å². The van der Waals surface area contributed by atoms with Crippen molar-refractivity contribution in [1.29, 1.82) is 5.26 Å². The van der Waals surface area contributed by atoms with Crippen molar-refractivity contribution >= 4 is 11.8 Å². The number of halogens is 1. The molecule has 3 heteroatoms. The van der Waals surface area contributed by atoms with Crippen molar-refractivity contribution in [2.24, 2.45) is 0 Å². The van der Waals surface area contributed by atoms with Crippen molar-refractivity contribution in [2.75, 3.05) is 5.75 Å². The molecule has 0 saturated heterocycles. The monoisotopic (exact) mass is 195 g/mol. The molecule has 13 heavy (non-hydrogen) atoms. The molecular formula is C10H10FNS. The van der Waals surface area contributed by atoms with Crippen molar-refractivity contribution in [3.8, 4) is 6.07 Å². The summed E-state index contributed by atoms with van der Waals surface area (Å²) < 4.78 is 12.5. The molecule has 0 aliphatic carbocycles. The normalized spacial score (nSPS) is 12.1. The van der Waals surface area contributed by atoms with E-state index >= 15 is 0 Å². The third kappa shape index (κ3) is 3.08. The summed E-state index contributed by atoms with van der Waals surface area (Å²) in [6, 6.07) is 8.46. The van der Waals surface area contributed by atoms with Gasteiger partial charge >= 0.3 is 0 Å². The number of hydrogen-bond acceptors (Lipinski definition) is 2. The first-order chi connectivity index (χ1) is 6.24. The first kappa shape index (κ1) is 10.1. The SMILES string of the molecule is CC(SCC#N)c1ccc(F)cc1. The smallest absolute Gasteiger partial charge is 0.123 e. The molecule has 1 nitrogen and oxygen atoms in total. The van der Waals surface area contributed by atoms with Gasteiger partial charge in [0.1, 0.15) is 5.82 Å². The second-order valence-electron chi connectivity index (χ2n) is 2.66. The third-order valence-electron chi connectivity index (χ3n) is 1.74. The summed E-state index contributed by atoms with van der Waals surface area (Å²) in [5.41, 5.74) is 1.06. The molecule has 1 unspecified atom stereocenters. The highest BCUT2D eigenvalue weighted by Gasteiger charge is 2.04. The molecule has 0 aliphatic heterocycles. The van der Waals surface area contributed by atoms with Crippen LogP contribution in [-0.4, -0.2) is 5.75 Å². The molecule has 1 aromatic carbocycles. The van der Waals surface area contributed by atoms with Crippen molar-refractivity contribution in [3.05, 3.63) is 35.6 Å². The zero-order chi connectivity index (χ0) is 9.68. The summed E-state index contributed by atoms with van der Waals surface area (Å²) in [5, 5.41) is 8.63. The lowest BCUT2D eigenvalue weighted by Gasteiger charge is -2.08. The Balaban J connectivity index is 2.62. The average molecular weight is 195 g/mol. The molecule has 0 spiro atoms. The number of rotatable bonds is 3. The van der Waals surface area contributed by atoms with Gasteiger partial charge in [-0.1, -0.05) is 12.1 Å². The molecule has 0 heterocycles. The van der Waals surface area contributed by atoms with Gasteiger partial charge in [0.15, 0.2) is 0 Å². The molecule has 0 amide bonds. The number of thioether (sulfide) groups is 1. The molecule has 1 atom stereocenters. The van der Waals surface area contributed by atoms with Gasteiger partial charge in [-0.15, -0.1) is 11.8 Å². The highest BCUT2D eigenvalue weighted by molar-refractivity contribution is 7.99. The quantitative estimate of drug-likeness (QED) is 0.739. The van der Waals surface area contributed by atoms with Gasteiger partial charge in [-0.2, -0.15) is 5.26 Å². The van der Waals surface area contributed by atoms with Crippen LogP contribution in [0.15, 0.2) is 24.3 Å². The molecule has 0 bridgehead atoms. The van der Waals surface area contributed by atoms with E-state index in [-0.39, 0.29) is 11.1 Å². The van der Waals surface area contributed by atoms with Crippen LogP contribution in [0.25, 0.3) is 0 Å². The van der Waals surface area contributed by atoms with Crippen LogP contribution >= 0.6 is 11.8 Å². The van der Waals surface area contributed by atoms with E-state index in [4.69, 9.17) is 5.26 Å². The molecule has 0 saturated carbocycles. The number of hydrogen-bond donors (Lipinski definition) is 0. The van der Waals surface area contributed by atoms with Crippen LogP contribution in [-0.2, 0) is 0 Å². The maximum atomic E-state index is 12.5. The minimum Gasteiger partial charge on any atom is -0.207 e. The van der Waals surface area contributed by atoms with Crippen LogP contribution in [0.2, 0.25) is 0 Å². The fourth-order valence-electron chi connectivity index (χ4n) is 0.992. The molecule has 0 fully saturated rings. The van der Waals surface area contributed by atoms with Crippen LogP contribution in [0.1, 0.15) is 17.7 Å². The zero-order valence-electron chi connectivity index (χ0n) is 7.33. The van der Waals surface area contributed by atoms with Crippen molar-refractivity contribution in [2.45, 2.75) is 12.2 Å². The van der Waals surface area contributed by atoms with Gasteiger partial charge < -0.3 is 0 Å². The van der Waals surface area contributed by atoms with Gasteiger partial charge in [0, 0.05) is 5.25 Å². The van der Waals surface area contributed by atoms with Gasteiger partial charge in [-0.3, -0.25) is 0 Å². The van der Waals surface area contributed by atoms with Crippen LogP contribution in [0.3, 0.4) is 0 Å². The molecule has 1 aromatic rings. The summed E-state index contributed by atoms with van der Waals surface area (Å²) in [7, 11) is 0. The maximum absolute atomic E-state index is 12.5. The maximum Gasteiger partial charge on any atom is 0.123 e. The Morgan fingerprint density at radius 2 is 2.08 bits per heavy atom. The highest BCUT2D eigenvalue weighted by atomic mass is 32.2. The van der Waals surface area contributed by atoms with Gasteiger partial charge in [-0.25, -0.2) is 4.39 Å². The number of benzene rings is 1. The molecular weight excluding hydrogens is 185 g/mol. The molecule has 0 aromatic heterocycles. The Bertz CT molecular complexity index is 302. The summed E-state index contributed by atoms with van der Waals surface area (Å²) in [4.78, 5) is 0. The molecule has 0 aliphatic rings. The molecule has 68 valence electrons. The summed E-state index contributed by atoms with van der Waals surface area (Å²) in [6.45, 7) is 2.01. The van der Waals surface area contributed by atoms with E-state index < -0.39 is 0 Å². The number of nitrogens with zero attached hydrogens (tertiary/aromatic N) is 1.